The van der Waals surface area contributed by atoms with Crippen LogP contribution in [-0.2, 0) is 0 Å². The molecule has 0 saturated carbocycles. The van der Waals surface area contributed by atoms with Crippen molar-refractivity contribution in [2.45, 2.75) is 180 Å². The van der Waals surface area contributed by atoms with E-state index in [0.717, 1.165) is 0 Å². The fourth-order valence-electron chi connectivity index (χ4n) is 9.62. The molecule has 7 unspecified atom stereocenters. The van der Waals surface area contributed by atoms with E-state index < -0.39 is 0 Å². The van der Waals surface area contributed by atoms with Crippen LogP contribution in [-0.4, -0.2) is 0 Å². The molecule has 0 aromatic heterocycles. The maximum absolute atomic E-state index is 2.60. The van der Waals surface area contributed by atoms with Crippen molar-refractivity contribution >= 4 is 0 Å². The average Bonchev–Trinajstić information content (AvgIpc) is 2.83. The monoisotopic (exact) mass is 591 g/mol. The topological polar surface area (TPSA) is 0 Å². The second-order valence-corrected chi connectivity index (χ2v) is 21.3. The first-order valence-corrected chi connectivity index (χ1v) is 18.0. The van der Waals surface area contributed by atoms with Gasteiger partial charge in [-0.1, -0.05) is 180 Å². The number of hydrogen-bond donors (Lipinski definition) is 0. The largest absolute Gasteiger partial charge is 0.0623 e. The van der Waals surface area contributed by atoms with Gasteiger partial charge in [0.25, 0.3) is 0 Å². The van der Waals surface area contributed by atoms with E-state index in [9.17, 15) is 0 Å². The van der Waals surface area contributed by atoms with Gasteiger partial charge in [0, 0.05) is 0 Å². The van der Waals surface area contributed by atoms with E-state index in [1.165, 1.54) is 0 Å². The van der Waals surface area contributed by atoms with E-state index >= 15 is 0 Å². The van der Waals surface area contributed by atoms with Crippen LogP contribution in [0.2, 0.25) is 0 Å². The Labute approximate surface area is 270 Å². The van der Waals surface area contributed by atoms with Crippen molar-refractivity contribution in [3.63, 3.8) is 0 Å². The summed E-state index contributed by atoms with van der Waals surface area (Å²) in [7, 11) is 0. The van der Waals surface area contributed by atoms with Crippen molar-refractivity contribution in [1.82, 2.24) is 0 Å². The summed E-state index contributed by atoms with van der Waals surface area (Å²) in [6, 6.07) is 0. The fraction of sp³-hybridized carbons (Fsp3) is 1.00. The van der Waals surface area contributed by atoms with Gasteiger partial charge in [0.15, 0.2) is 0 Å². The van der Waals surface area contributed by atoms with E-state index in [1.54, 1.807) is 0 Å². The third-order valence-corrected chi connectivity index (χ3v) is 17.3. The predicted molar refractivity (Wildman–Crippen MR) is 195 cm³/mol. The normalized spacial score (nSPS) is 20.6. The highest BCUT2D eigenvalue weighted by Crippen LogP contribution is 2.62. The highest BCUT2D eigenvalue weighted by Gasteiger charge is 2.56. The molecule has 0 aliphatic rings. The summed E-state index contributed by atoms with van der Waals surface area (Å²) in [5.41, 5.74) is 1.89. The highest BCUT2D eigenvalue weighted by atomic mass is 14.6. The van der Waals surface area contributed by atoms with Gasteiger partial charge in [-0.15, -0.1) is 0 Å². The van der Waals surface area contributed by atoms with E-state index in [1.807, 2.05) is 0 Å². The molecule has 42 heavy (non-hydrogen) atoms. The summed E-state index contributed by atoms with van der Waals surface area (Å²) in [4.78, 5) is 0. The highest BCUT2D eigenvalue weighted by molar-refractivity contribution is 5.04. The molecular formula is C42H86. The van der Waals surface area contributed by atoms with E-state index in [4.69, 9.17) is 0 Å². The summed E-state index contributed by atoms with van der Waals surface area (Å²) in [6.45, 7) is 65.9. The van der Waals surface area contributed by atoms with E-state index in [-0.39, 0.29) is 32.5 Å². The zero-order chi connectivity index (χ0) is 34.6. The van der Waals surface area contributed by atoms with Crippen molar-refractivity contribution in [3.8, 4) is 0 Å². The minimum atomic E-state index is 0.190. The Morgan fingerprint density at radius 1 is 0.214 bits per heavy atom. The minimum absolute atomic E-state index is 0.190. The van der Waals surface area contributed by atoms with Crippen LogP contribution in [0, 0.1) is 90.7 Å². The molecule has 0 spiro atoms. The first-order valence-electron chi connectivity index (χ1n) is 18.0. The van der Waals surface area contributed by atoms with Crippen molar-refractivity contribution in [2.24, 2.45) is 90.7 Å². The fourth-order valence-corrected chi connectivity index (χ4v) is 9.62. The van der Waals surface area contributed by atoms with Crippen LogP contribution in [0.3, 0.4) is 0 Å². The lowest BCUT2D eigenvalue weighted by molar-refractivity contribution is -0.117. The molecule has 0 nitrogen and oxygen atoms in total. The first kappa shape index (κ1) is 42.0. The lowest BCUT2D eigenvalue weighted by Crippen LogP contribution is -2.54. The lowest BCUT2D eigenvalue weighted by atomic mass is 9.45. The maximum Gasteiger partial charge on any atom is -0.0292 e. The third kappa shape index (κ3) is 7.51. The molecule has 0 fully saturated rings. The smallest absolute Gasteiger partial charge is 0.0292 e. The summed E-state index contributed by atoms with van der Waals surface area (Å²) in [5, 5.41) is 0. The summed E-state index contributed by atoms with van der Waals surface area (Å²) in [6.07, 6.45) is 0. The van der Waals surface area contributed by atoms with Crippen molar-refractivity contribution in [2.75, 3.05) is 0 Å². The van der Waals surface area contributed by atoms with Crippen LogP contribution in [0.25, 0.3) is 0 Å². The Kier molecular flexibility index (Phi) is 12.7. The number of hydrogen-bond acceptors (Lipinski definition) is 0. The van der Waals surface area contributed by atoms with Crippen molar-refractivity contribution < 1.29 is 0 Å². The van der Waals surface area contributed by atoms with Crippen LogP contribution < -0.4 is 0 Å². The molecule has 0 heteroatoms. The quantitative estimate of drug-likeness (QED) is 0.189. The Balaban J connectivity index is 6.49. The number of rotatable bonds is 14. The molecule has 0 heterocycles. The molecule has 254 valence electrons. The summed E-state index contributed by atoms with van der Waals surface area (Å²) < 4.78 is 0. The molecular weight excluding hydrogens is 504 g/mol. The molecule has 0 amide bonds. The molecule has 0 aromatic carbocycles. The Hall–Kier alpha value is 0. The van der Waals surface area contributed by atoms with Gasteiger partial charge in [0.05, 0.1) is 0 Å². The van der Waals surface area contributed by atoms with Crippen LogP contribution in [0.5, 0.6) is 0 Å². The maximum atomic E-state index is 2.60. The van der Waals surface area contributed by atoms with Crippen molar-refractivity contribution in [3.05, 3.63) is 0 Å². The molecule has 0 aliphatic heterocycles. The Bertz CT molecular complexity index is 849. The molecule has 7 atom stereocenters. The standard InChI is InChI=1S/C42H86/c1-27(2)36(13,14)29(4)38(17,18)31(6)40(21,22)33(8)42(25,26)34(9)41(23,24)32(7)39(19,20)30(5)37(15,16)28(3)35(10,11)12/h27-34H,1-26H3. The summed E-state index contributed by atoms with van der Waals surface area (Å²) >= 11 is 0. The van der Waals surface area contributed by atoms with Gasteiger partial charge in [0.1, 0.15) is 0 Å². The second-order valence-electron chi connectivity index (χ2n) is 21.3. The van der Waals surface area contributed by atoms with Crippen LogP contribution >= 0.6 is 0 Å². The molecule has 0 N–H and O–H groups in total. The van der Waals surface area contributed by atoms with Gasteiger partial charge in [-0.25, -0.2) is 0 Å². The van der Waals surface area contributed by atoms with Gasteiger partial charge < -0.3 is 0 Å². The van der Waals surface area contributed by atoms with Gasteiger partial charge in [0.2, 0.25) is 0 Å². The molecule has 0 radical (unpaired) electrons. The molecule has 0 bridgehead atoms. The Morgan fingerprint density at radius 2 is 0.357 bits per heavy atom. The van der Waals surface area contributed by atoms with Gasteiger partial charge in [-0.05, 0) is 90.7 Å². The van der Waals surface area contributed by atoms with E-state index in [0.29, 0.717) is 58.2 Å². The lowest BCUT2D eigenvalue weighted by Gasteiger charge is -2.60. The molecule has 0 saturated heterocycles. The zero-order valence-electron chi connectivity index (χ0n) is 34.6. The van der Waals surface area contributed by atoms with Crippen LogP contribution in [0.4, 0.5) is 0 Å². The van der Waals surface area contributed by atoms with Crippen LogP contribution in [0.1, 0.15) is 180 Å². The zero-order valence-corrected chi connectivity index (χ0v) is 34.6. The molecule has 0 rings (SSSR count). The van der Waals surface area contributed by atoms with Crippen LogP contribution in [0.15, 0.2) is 0 Å². The summed E-state index contributed by atoms with van der Waals surface area (Å²) in [5.74, 6) is 4.86. The van der Waals surface area contributed by atoms with Gasteiger partial charge in [-0.3, -0.25) is 0 Å². The average molecular weight is 591 g/mol. The SMILES string of the molecule is CC(C)C(C)(C)C(C)C(C)(C)C(C)C(C)(C)C(C)C(C)(C)C(C)C(C)(C)C(C)C(C)(C)C(C)C(C)(C)C(C)C(C)(C)C. The first-order chi connectivity index (χ1) is 18.0. The van der Waals surface area contributed by atoms with Gasteiger partial charge in [-0.2, -0.15) is 0 Å². The van der Waals surface area contributed by atoms with E-state index in [2.05, 4.69) is 180 Å². The Morgan fingerprint density at radius 3 is 0.500 bits per heavy atom. The van der Waals surface area contributed by atoms with Gasteiger partial charge >= 0.3 is 0 Å². The molecule has 0 aromatic rings. The third-order valence-electron chi connectivity index (χ3n) is 17.3. The molecule has 0 aliphatic carbocycles. The second kappa shape index (κ2) is 12.7. The van der Waals surface area contributed by atoms with Crippen molar-refractivity contribution in [1.29, 1.82) is 0 Å². The predicted octanol–water partition coefficient (Wildman–Crippen LogP) is 14.3. The minimum Gasteiger partial charge on any atom is -0.0623 e.